The second kappa shape index (κ2) is 7.32. The van der Waals surface area contributed by atoms with E-state index < -0.39 is 10.0 Å². The van der Waals surface area contributed by atoms with Crippen molar-refractivity contribution >= 4 is 31.7 Å². The molecular formula is C24H24N2O2S. The molecule has 4 nitrogen and oxygen atoms in total. The monoisotopic (exact) mass is 404 g/mol. The van der Waals surface area contributed by atoms with Gasteiger partial charge in [-0.1, -0.05) is 67.4 Å². The Hall–Kier alpha value is -2.63. The molecule has 1 saturated heterocycles. The van der Waals surface area contributed by atoms with Crippen LogP contribution >= 0.6 is 0 Å². The van der Waals surface area contributed by atoms with Gasteiger partial charge in [0.05, 0.1) is 16.1 Å². The maximum atomic E-state index is 14.0. The first kappa shape index (κ1) is 18.4. The van der Waals surface area contributed by atoms with E-state index in [0.29, 0.717) is 4.90 Å². The summed E-state index contributed by atoms with van der Waals surface area (Å²) in [5.41, 5.74) is 1.57. The molecule has 1 aromatic heterocycles. The number of hydrogen-bond acceptors (Lipinski definition) is 3. The standard InChI is InChI=1S/C24H24N2O2S/c27-29(28,24-15-8-11-18-9-3-5-12-20(18)24)26-22-14-6-4-10-19(22)17-23(26)21-13-2-1-7-16-25-21/h3-6,8-12,14-15,17,21,25H,1-2,7,13,16H2. The van der Waals surface area contributed by atoms with Crippen LogP contribution in [0.4, 0.5) is 0 Å². The fourth-order valence-electron chi connectivity index (χ4n) is 4.46. The largest absolute Gasteiger partial charge is 0.309 e. The minimum absolute atomic E-state index is 0.0367. The Balaban J connectivity index is 1.78. The first-order valence-corrected chi connectivity index (χ1v) is 11.7. The zero-order chi connectivity index (χ0) is 19.8. The molecule has 1 unspecified atom stereocenters. The number of nitrogens with zero attached hydrogens (tertiary/aromatic N) is 1. The van der Waals surface area contributed by atoms with Crippen molar-refractivity contribution < 1.29 is 8.42 Å². The molecule has 0 bridgehead atoms. The van der Waals surface area contributed by atoms with Crippen LogP contribution in [0, 0.1) is 0 Å². The van der Waals surface area contributed by atoms with Gasteiger partial charge in [-0.3, -0.25) is 0 Å². The van der Waals surface area contributed by atoms with Crippen molar-refractivity contribution in [1.29, 1.82) is 0 Å². The van der Waals surface area contributed by atoms with Crippen LogP contribution in [-0.2, 0) is 10.0 Å². The topological polar surface area (TPSA) is 51.1 Å². The van der Waals surface area contributed by atoms with Crippen LogP contribution in [0.25, 0.3) is 21.7 Å². The summed E-state index contributed by atoms with van der Waals surface area (Å²) in [7, 11) is -3.76. The molecule has 0 amide bonds. The van der Waals surface area contributed by atoms with E-state index in [1.54, 1.807) is 10.0 Å². The molecule has 5 heteroatoms. The lowest BCUT2D eigenvalue weighted by Gasteiger charge is -2.20. The quantitative estimate of drug-likeness (QED) is 0.508. The third kappa shape index (κ3) is 3.15. The summed E-state index contributed by atoms with van der Waals surface area (Å²) < 4.78 is 29.6. The van der Waals surface area contributed by atoms with Crippen molar-refractivity contribution in [2.45, 2.75) is 36.6 Å². The molecule has 5 rings (SSSR count). The maximum Gasteiger partial charge on any atom is 0.269 e. The fraction of sp³-hybridized carbons (Fsp3) is 0.250. The van der Waals surface area contributed by atoms with E-state index in [-0.39, 0.29) is 6.04 Å². The Bertz CT molecular complexity index is 1280. The van der Waals surface area contributed by atoms with Crippen molar-refractivity contribution in [2.75, 3.05) is 6.54 Å². The molecule has 3 aromatic carbocycles. The van der Waals surface area contributed by atoms with Gasteiger partial charge in [-0.15, -0.1) is 0 Å². The smallest absolute Gasteiger partial charge is 0.269 e. The average Bonchev–Trinajstić information content (AvgIpc) is 2.93. The number of fused-ring (bicyclic) bond motifs is 2. The molecule has 148 valence electrons. The highest BCUT2D eigenvalue weighted by molar-refractivity contribution is 7.90. The summed E-state index contributed by atoms with van der Waals surface area (Å²) in [6.45, 7) is 0.917. The minimum atomic E-state index is -3.76. The maximum absolute atomic E-state index is 14.0. The van der Waals surface area contributed by atoms with Crippen LogP contribution < -0.4 is 5.32 Å². The Morgan fingerprint density at radius 1 is 0.828 bits per heavy atom. The first-order valence-electron chi connectivity index (χ1n) is 10.2. The molecule has 4 aromatic rings. The minimum Gasteiger partial charge on any atom is -0.309 e. The number of hydrogen-bond donors (Lipinski definition) is 1. The van der Waals surface area contributed by atoms with Gasteiger partial charge in [-0.2, -0.15) is 0 Å². The molecular weight excluding hydrogens is 380 g/mol. The highest BCUT2D eigenvalue weighted by Crippen LogP contribution is 2.34. The number of para-hydroxylation sites is 1. The van der Waals surface area contributed by atoms with Crippen molar-refractivity contribution in [3.8, 4) is 0 Å². The van der Waals surface area contributed by atoms with Crippen LogP contribution in [0.3, 0.4) is 0 Å². The van der Waals surface area contributed by atoms with Gasteiger partial charge < -0.3 is 5.32 Å². The normalized spacial score (nSPS) is 18.1. The highest BCUT2D eigenvalue weighted by Gasteiger charge is 2.28. The Morgan fingerprint density at radius 3 is 2.48 bits per heavy atom. The molecule has 0 saturated carbocycles. The summed E-state index contributed by atoms with van der Waals surface area (Å²) >= 11 is 0. The summed E-state index contributed by atoms with van der Waals surface area (Å²) in [4.78, 5) is 0.354. The van der Waals surface area contributed by atoms with Gasteiger partial charge in [0.2, 0.25) is 0 Å². The summed E-state index contributed by atoms with van der Waals surface area (Å²) in [5, 5.41) is 6.22. The first-order chi connectivity index (χ1) is 14.2. The number of aromatic nitrogens is 1. The molecule has 29 heavy (non-hydrogen) atoms. The predicted octanol–water partition coefficient (Wildman–Crippen LogP) is 5.24. The van der Waals surface area contributed by atoms with Crippen molar-refractivity contribution in [2.24, 2.45) is 0 Å². The highest BCUT2D eigenvalue weighted by atomic mass is 32.2. The predicted molar refractivity (Wildman–Crippen MR) is 118 cm³/mol. The van der Waals surface area contributed by atoms with Crippen molar-refractivity contribution in [3.05, 3.63) is 78.5 Å². The molecule has 1 fully saturated rings. The molecule has 1 aliphatic rings. The van der Waals surface area contributed by atoms with Crippen LogP contribution in [0.1, 0.15) is 37.4 Å². The van der Waals surface area contributed by atoms with Gasteiger partial charge in [0, 0.05) is 16.8 Å². The lowest BCUT2D eigenvalue weighted by molar-refractivity contribution is 0.514. The van der Waals surface area contributed by atoms with Gasteiger partial charge in [0.1, 0.15) is 0 Å². The molecule has 0 spiro atoms. The van der Waals surface area contributed by atoms with E-state index in [1.165, 1.54) is 6.42 Å². The molecule has 2 heterocycles. The second-order valence-electron chi connectivity index (χ2n) is 7.73. The SMILES string of the molecule is O=S(=O)(c1cccc2ccccc12)n1c(C2CCCCCN2)cc2ccccc21. The van der Waals surface area contributed by atoms with E-state index in [0.717, 1.165) is 53.2 Å². The zero-order valence-electron chi connectivity index (χ0n) is 16.2. The number of nitrogens with one attached hydrogen (secondary N) is 1. The van der Waals surface area contributed by atoms with Crippen LogP contribution in [0.2, 0.25) is 0 Å². The molecule has 0 radical (unpaired) electrons. The number of benzene rings is 3. The van der Waals surface area contributed by atoms with Crippen LogP contribution in [0.15, 0.2) is 77.7 Å². The van der Waals surface area contributed by atoms with E-state index in [4.69, 9.17) is 0 Å². The fourth-order valence-corrected chi connectivity index (χ4v) is 6.26. The lowest BCUT2D eigenvalue weighted by atomic mass is 10.1. The van der Waals surface area contributed by atoms with Crippen LogP contribution in [-0.4, -0.2) is 18.9 Å². The van der Waals surface area contributed by atoms with Crippen molar-refractivity contribution in [1.82, 2.24) is 9.29 Å². The van der Waals surface area contributed by atoms with E-state index in [1.807, 2.05) is 66.7 Å². The third-order valence-electron chi connectivity index (χ3n) is 5.88. The zero-order valence-corrected chi connectivity index (χ0v) is 17.0. The van der Waals surface area contributed by atoms with Gasteiger partial charge in [-0.25, -0.2) is 12.4 Å². The van der Waals surface area contributed by atoms with Gasteiger partial charge in [0.25, 0.3) is 10.0 Å². The van der Waals surface area contributed by atoms with Gasteiger partial charge in [0.15, 0.2) is 0 Å². The summed E-state index contributed by atoms with van der Waals surface area (Å²) in [6, 6.07) is 23.0. The second-order valence-corrected chi connectivity index (χ2v) is 9.49. The van der Waals surface area contributed by atoms with E-state index in [2.05, 4.69) is 5.32 Å². The summed E-state index contributed by atoms with van der Waals surface area (Å²) in [6.07, 6.45) is 4.36. The van der Waals surface area contributed by atoms with Gasteiger partial charge in [-0.05, 0) is 43.0 Å². The summed E-state index contributed by atoms with van der Waals surface area (Å²) in [5.74, 6) is 0. The van der Waals surface area contributed by atoms with Crippen molar-refractivity contribution in [3.63, 3.8) is 0 Å². The van der Waals surface area contributed by atoms with E-state index in [9.17, 15) is 8.42 Å². The molecule has 0 aliphatic carbocycles. The molecule has 1 N–H and O–H groups in total. The third-order valence-corrected chi connectivity index (χ3v) is 7.68. The van der Waals surface area contributed by atoms with Crippen LogP contribution in [0.5, 0.6) is 0 Å². The Labute approximate surface area is 171 Å². The Morgan fingerprint density at radius 2 is 1.59 bits per heavy atom. The van der Waals surface area contributed by atoms with Gasteiger partial charge >= 0.3 is 0 Å². The van der Waals surface area contributed by atoms with E-state index >= 15 is 0 Å². The molecule has 1 atom stereocenters. The lowest BCUT2D eigenvalue weighted by Crippen LogP contribution is -2.25. The Kier molecular flexibility index (Phi) is 4.64. The number of rotatable bonds is 3. The molecule has 1 aliphatic heterocycles. The average molecular weight is 405 g/mol.